The zero-order valence-electron chi connectivity index (χ0n) is 33.7. The third kappa shape index (κ3) is 5.23. The largest absolute Gasteiger partial charge is 0.460 e. The van der Waals surface area contributed by atoms with Crippen molar-refractivity contribution in [3.8, 4) is 33.9 Å². The number of fused-ring (bicyclic) bond motifs is 10. The van der Waals surface area contributed by atoms with E-state index in [1.54, 1.807) is 11.3 Å². The topological polar surface area (TPSA) is 56.7 Å². The Labute approximate surface area is 360 Å². The zero-order valence-corrected chi connectivity index (χ0v) is 34.5. The number of thiophene rings is 1. The number of aromatic nitrogens is 4. The fourth-order valence-electron chi connectivity index (χ4n) is 10.0. The van der Waals surface area contributed by atoms with Crippen LogP contribution in [0.3, 0.4) is 0 Å². The SMILES string of the molecule is CC1(n2c3ccccc3c3cc4ccccc4cc32)C=Cc2c(oc3ccccc23)C1c1nc(-c2cccc(-c3ccccc3)c2)nc(-c2cccc3sc4ccccc4c23)n1. The maximum Gasteiger partial charge on any atom is 0.164 e. The second-order valence-corrected chi connectivity index (χ2v) is 17.6. The molecule has 1 aliphatic rings. The van der Waals surface area contributed by atoms with Gasteiger partial charge in [0.25, 0.3) is 0 Å². The Balaban J connectivity index is 1.13. The summed E-state index contributed by atoms with van der Waals surface area (Å²) in [7, 11) is 0. The molecule has 1 aliphatic carbocycles. The van der Waals surface area contributed by atoms with E-state index in [1.165, 1.54) is 36.3 Å². The van der Waals surface area contributed by atoms with Gasteiger partial charge in [0.15, 0.2) is 11.6 Å². The summed E-state index contributed by atoms with van der Waals surface area (Å²) in [5.41, 5.74) is 7.54. The third-order valence-corrected chi connectivity index (χ3v) is 14.0. The van der Waals surface area contributed by atoms with Crippen LogP contribution in [0.2, 0.25) is 0 Å². The maximum absolute atomic E-state index is 7.07. The molecular weight excluding hydrogens is 777 g/mol. The highest BCUT2D eigenvalue weighted by Gasteiger charge is 2.46. The lowest BCUT2D eigenvalue weighted by atomic mass is 9.76. The van der Waals surface area contributed by atoms with E-state index in [0.717, 1.165) is 61.0 Å². The van der Waals surface area contributed by atoms with Crippen LogP contribution >= 0.6 is 11.3 Å². The lowest BCUT2D eigenvalue weighted by Gasteiger charge is -2.39. The molecule has 0 bridgehead atoms. The van der Waals surface area contributed by atoms with Crippen molar-refractivity contribution in [2.45, 2.75) is 18.4 Å². The smallest absolute Gasteiger partial charge is 0.164 e. The van der Waals surface area contributed by atoms with E-state index in [9.17, 15) is 0 Å². The number of nitrogens with zero attached hydrogens (tertiary/aromatic N) is 4. The summed E-state index contributed by atoms with van der Waals surface area (Å²) < 4.78 is 12.0. The minimum atomic E-state index is -0.743. The van der Waals surface area contributed by atoms with Crippen molar-refractivity contribution in [1.82, 2.24) is 19.5 Å². The van der Waals surface area contributed by atoms with Crippen molar-refractivity contribution in [2.24, 2.45) is 0 Å². The molecule has 292 valence electrons. The van der Waals surface area contributed by atoms with Crippen molar-refractivity contribution >= 4 is 81.1 Å². The average molecular weight is 813 g/mol. The van der Waals surface area contributed by atoms with E-state index in [1.807, 2.05) is 12.1 Å². The van der Waals surface area contributed by atoms with Crippen molar-refractivity contribution in [3.05, 3.63) is 205 Å². The molecule has 0 spiro atoms. The molecule has 0 aliphatic heterocycles. The van der Waals surface area contributed by atoms with E-state index < -0.39 is 11.5 Å². The molecule has 0 fully saturated rings. The van der Waals surface area contributed by atoms with E-state index in [4.69, 9.17) is 19.4 Å². The Morgan fingerprint density at radius 2 is 1.21 bits per heavy atom. The molecule has 0 radical (unpaired) electrons. The van der Waals surface area contributed by atoms with Crippen molar-refractivity contribution in [3.63, 3.8) is 0 Å². The minimum absolute atomic E-state index is 0.461. The van der Waals surface area contributed by atoms with Gasteiger partial charge in [0, 0.05) is 58.5 Å². The molecule has 0 N–H and O–H groups in total. The maximum atomic E-state index is 7.07. The molecule has 2 unspecified atom stereocenters. The standard InChI is InChI=1S/C56H36N4OS/c1-56(60-45-25-10-7-21-39(45)44-32-36-17-5-6-18-37(36)33-46(44)60)30-29-41-40-22-8-11-26-47(40)61-52(41)51(56)55-58-53(38-20-13-19-35(31-38)34-15-3-2-4-16-34)57-54(59-55)43-24-14-28-49-50(43)42-23-9-12-27-48(42)62-49/h2-33,51H,1H3. The molecular formula is C56H36N4OS. The molecule has 4 aromatic heterocycles. The predicted molar refractivity (Wildman–Crippen MR) is 257 cm³/mol. The van der Waals surface area contributed by atoms with E-state index in [2.05, 4.69) is 194 Å². The van der Waals surface area contributed by atoms with Crippen LogP contribution in [0.25, 0.3) is 104 Å². The summed E-state index contributed by atoms with van der Waals surface area (Å²) in [6, 6.07) is 64.6. The molecule has 4 heterocycles. The van der Waals surface area contributed by atoms with Crippen LogP contribution in [0, 0.1) is 0 Å². The number of benzene rings is 8. The lowest BCUT2D eigenvalue weighted by Crippen LogP contribution is -2.38. The monoisotopic (exact) mass is 812 g/mol. The Hall–Kier alpha value is -7.67. The van der Waals surface area contributed by atoms with E-state index in [-0.39, 0.29) is 0 Å². The number of furan rings is 1. The molecule has 2 atom stereocenters. The minimum Gasteiger partial charge on any atom is -0.460 e. The first-order valence-corrected chi connectivity index (χ1v) is 21.9. The van der Waals surface area contributed by atoms with Gasteiger partial charge in [-0.3, -0.25) is 0 Å². The molecule has 0 saturated carbocycles. The van der Waals surface area contributed by atoms with Crippen LogP contribution in [0.4, 0.5) is 0 Å². The van der Waals surface area contributed by atoms with Gasteiger partial charge in [-0.15, -0.1) is 11.3 Å². The van der Waals surface area contributed by atoms with E-state index >= 15 is 0 Å². The highest BCUT2D eigenvalue weighted by molar-refractivity contribution is 7.25. The van der Waals surface area contributed by atoms with Crippen LogP contribution in [0.5, 0.6) is 0 Å². The molecule has 13 rings (SSSR count). The van der Waals surface area contributed by atoms with Gasteiger partial charge >= 0.3 is 0 Å². The van der Waals surface area contributed by atoms with Crippen molar-refractivity contribution in [2.75, 3.05) is 0 Å². The quantitative estimate of drug-likeness (QED) is 0.174. The van der Waals surface area contributed by atoms with Gasteiger partial charge in [0.1, 0.15) is 23.1 Å². The predicted octanol–water partition coefficient (Wildman–Crippen LogP) is 14.8. The first-order valence-electron chi connectivity index (χ1n) is 21.0. The van der Waals surface area contributed by atoms with Gasteiger partial charge < -0.3 is 8.98 Å². The fourth-order valence-corrected chi connectivity index (χ4v) is 11.2. The molecule has 62 heavy (non-hydrogen) atoms. The summed E-state index contributed by atoms with van der Waals surface area (Å²) >= 11 is 1.80. The first kappa shape index (κ1) is 35.1. The number of para-hydroxylation sites is 2. The highest BCUT2D eigenvalue weighted by Crippen LogP contribution is 2.52. The number of hydrogen-bond acceptors (Lipinski definition) is 5. The van der Waals surface area contributed by atoms with Gasteiger partial charge in [-0.1, -0.05) is 152 Å². The Kier molecular flexibility index (Phi) is 7.60. The van der Waals surface area contributed by atoms with E-state index in [0.29, 0.717) is 17.5 Å². The molecule has 12 aromatic rings. The summed E-state index contributed by atoms with van der Waals surface area (Å²) in [5, 5.41) is 8.21. The number of hydrogen-bond donors (Lipinski definition) is 0. The van der Waals surface area contributed by atoms with Gasteiger partial charge in [0.05, 0.1) is 11.1 Å². The second-order valence-electron chi connectivity index (χ2n) is 16.5. The summed E-state index contributed by atoms with van der Waals surface area (Å²) in [6.45, 7) is 2.32. The van der Waals surface area contributed by atoms with Gasteiger partial charge in [-0.2, -0.15) is 0 Å². The highest BCUT2D eigenvalue weighted by atomic mass is 32.1. The molecule has 6 heteroatoms. The fraction of sp³-hybridized carbons (Fsp3) is 0.0536. The Morgan fingerprint density at radius 1 is 0.532 bits per heavy atom. The Morgan fingerprint density at radius 3 is 2.10 bits per heavy atom. The molecule has 0 saturated heterocycles. The average Bonchev–Trinajstić information content (AvgIpc) is 4.00. The molecule has 0 amide bonds. The van der Waals surface area contributed by atoms with Crippen LogP contribution in [-0.4, -0.2) is 19.5 Å². The summed E-state index contributed by atoms with van der Waals surface area (Å²) in [4.78, 5) is 16.6. The van der Waals surface area contributed by atoms with Gasteiger partial charge in [-0.05, 0) is 71.3 Å². The number of allylic oxidation sites excluding steroid dienone is 1. The van der Waals surface area contributed by atoms with Crippen molar-refractivity contribution in [1.29, 1.82) is 0 Å². The van der Waals surface area contributed by atoms with Crippen LogP contribution in [0.1, 0.15) is 30.0 Å². The lowest BCUT2D eigenvalue weighted by molar-refractivity contribution is 0.328. The van der Waals surface area contributed by atoms with Crippen LogP contribution in [-0.2, 0) is 5.54 Å². The van der Waals surface area contributed by atoms with Crippen LogP contribution < -0.4 is 0 Å². The second kappa shape index (κ2) is 13.4. The summed E-state index contributed by atoms with van der Waals surface area (Å²) in [6.07, 6.45) is 4.61. The van der Waals surface area contributed by atoms with Crippen LogP contribution in [0.15, 0.2) is 192 Å². The molecule has 8 aromatic carbocycles. The summed E-state index contributed by atoms with van der Waals surface area (Å²) in [5.74, 6) is 2.26. The Bertz CT molecular complexity index is 3800. The molecule has 5 nitrogen and oxygen atoms in total. The third-order valence-electron chi connectivity index (χ3n) is 12.9. The van der Waals surface area contributed by atoms with Crippen molar-refractivity contribution < 1.29 is 4.42 Å². The zero-order chi connectivity index (χ0) is 40.9. The number of rotatable bonds is 5. The first-order chi connectivity index (χ1) is 30.6. The van der Waals surface area contributed by atoms with Gasteiger partial charge in [-0.25, -0.2) is 15.0 Å². The normalized spacial score (nSPS) is 16.3. The van der Waals surface area contributed by atoms with Gasteiger partial charge in [0.2, 0.25) is 0 Å².